The van der Waals surface area contributed by atoms with Crippen molar-refractivity contribution in [3.8, 4) is 11.6 Å². The van der Waals surface area contributed by atoms with Crippen LogP contribution in [0.1, 0.15) is 24.3 Å². The van der Waals surface area contributed by atoms with Gasteiger partial charge in [-0.25, -0.2) is 9.78 Å². The van der Waals surface area contributed by atoms with Crippen LogP contribution in [0.5, 0.6) is 11.6 Å². The van der Waals surface area contributed by atoms with Gasteiger partial charge in [-0.2, -0.15) is 0 Å². The second-order valence-corrected chi connectivity index (χ2v) is 5.88. The molecule has 2 aromatic rings. The molecule has 0 saturated carbocycles. The summed E-state index contributed by atoms with van der Waals surface area (Å²) in [6, 6.07) is 11.1. The molecule has 1 aromatic carbocycles. The molecule has 1 fully saturated rings. The van der Waals surface area contributed by atoms with Crippen LogP contribution >= 0.6 is 11.6 Å². The Balaban J connectivity index is 1.79. The van der Waals surface area contributed by atoms with E-state index in [1.54, 1.807) is 18.3 Å². The molecule has 0 radical (unpaired) electrons. The highest BCUT2D eigenvalue weighted by molar-refractivity contribution is 6.32. The minimum absolute atomic E-state index is 0.233. The highest BCUT2D eigenvalue weighted by Crippen LogP contribution is 2.36. The summed E-state index contributed by atoms with van der Waals surface area (Å²) >= 11 is 6.14. The standard InChI is InChI=1S/C17H17ClN2O3/c18-14-5-1-2-6-15(14)23-16-13(4-3-9-19-16)12-7-10-20(11-8-12)17(21)22/h1-6,9,12H,7-8,10-11H2,(H,21,22). The SMILES string of the molecule is O=C(O)N1CCC(c2cccnc2Oc2ccccc2Cl)CC1. The van der Waals surface area contributed by atoms with Gasteiger partial charge in [0.15, 0.2) is 0 Å². The molecule has 1 aromatic heterocycles. The Morgan fingerprint density at radius 2 is 1.96 bits per heavy atom. The Morgan fingerprint density at radius 1 is 1.22 bits per heavy atom. The molecule has 1 saturated heterocycles. The van der Waals surface area contributed by atoms with Gasteiger partial charge in [0.2, 0.25) is 5.88 Å². The number of rotatable bonds is 3. The van der Waals surface area contributed by atoms with E-state index in [9.17, 15) is 4.79 Å². The maximum Gasteiger partial charge on any atom is 0.407 e. The minimum atomic E-state index is -0.859. The van der Waals surface area contributed by atoms with Crippen LogP contribution < -0.4 is 4.74 Å². The summed E-state index contributed by atoms with van der Waals surface area (Å²) in [5.74, 6) is 1.34. The lowest BCUT2D eigenvalue weighted by Crippen LogP contribution is -2.36. The van der Waals surface area contributed by atoms with E-state index in [0.29, 0.717) is 29.7 Å². The molecule has 0 bridgehead atoms. The van der Waals surface area contributed by atoms with Gasteiger partial charge in [-0.3, -0.25) is 0 Å². The van der Waals surface area contributed by atoms with Crippen molar-refractivity contribution in [2.75, 3.05) is 13.1 Å². The highest BCUT2D eigenvalue weighted by Gasteiger charge is 2.26. The number of pyridine rings is 1. The zero-order chi connectivity index (χ0) is 16.2. The van der Waals surface area contributed by atoms with E-state index in [-0.39, 0.29) is 5.92 Å². The van der Waals surface area contributed by atoms with E-state index < -0.39 is 6.09 Å². The van der Waals surface area contributed by atoms with E-state index in [2.05, 4.69) is 4.98 Å². The molecule has 5 nitrogen and oxygen atoms in total. The molecule has 3 rings (SSSR count). The molecule has 23 heavy (non-hydrogen) atoms. The summed E-state index contributed by atoms with van der Waals surface area (Å²) in [6.07, 6.45) is 2.35. The van der Waals surface area contributed by atoms with Gasteiger partial charge in [-0.15, -0.1) is 0 Å². The Morgan fingerprint density at radius 3 is 2.65 bits per heavy atom. The maximum absolute atomic E-state index is 11.0. The number of piperidine rings is 1. The minimum Gasteiger partial charge on any atom is -0.465 e. The van der Waals surface area contributed by atoms with Crippen LogP contribution in [0, 0.1) is 0 Å². The smallest absolute Gasteiger partial charge is 0.407 e. The zero-order valence-corrected chi connectivity index (χ0v) is 13.2. The van der Waals surface area contributed by atoms with Crippen LogP contribution in [-0.2, 0) is 0 Å². The summed E-state index contributed by atoms with van der Waals surface area (Å²) in [7, 11) is 0. The molecule has 0 spiro atoms. The van der Waals surface area contributed by atoms with Gasteiger partial charge in [-0.1, -0.05) is 29.8 Å². The number of likely N-dealkylation sites (tertiary alicyclic amines) is 1. The quantitative estimate of drug-likeness (QED) is 0.905. The molecule has 1 aliphatic heterocycles. The highest BCUT2D eigenvalue weighted by atomic mass is 35.5. The summed E-state index contributed by atoms with van der Waals surface area (Å²) in [5, 5.41) is 9.58. The topological polar surface area (TPSA) is 62.7 Å². The molecule has 1 N–H and O–H groups in total. The molecule has 1 amide bonds. The number of carbonyl (C=O) groups is 1. The van der Waals surface area contributed by atoms with Gasteiger partial charge < -0.3 is 14.7 Å². The fraction of sp³-hybridized carbons (Fsp3) is 0.294. The fourth-order valence-corrected chi connectivity index (χ4v) is 2.99. The number of halogens is 1. The third-order valence-electron chi connectivity index (χ3n) is 4.05. The first-order valence-corrected chi connectivity index (χ1v) is 7.88. The van der Waals surface area contributed by atoms with Crippen molar-refractivity contribution in [3.63, 3.8) is 0 Å². The van der Waals surface area contributed by atoms with Crippen molar-refractivity contribution in [2.45, 2.75) is 18.8 Å². The molecule has 0 atom stereocenters. The lowest BCUT2D eigenvalue weighted by molar-refractivity contribution is 0.132. The average Bonchev–Trinajstić information content (AvgIpc) is 2.57. The Bertz CT molecular complexity index is 700. The van der Waals surface area contributed by atoms with E-state index in [1.165, 1.54) is 4.90 Å². The summed E-state index contributed by atoms with van der Waals surface area (Å²) < 4.78 is 5.89. The summed E-state index contributed by atoms with van der Waals surface area (Å²) in [5.41, 5.74) is 0.998. The first kappa shape index (κ1) is 15.6. The van der Waals surface area contributed by atoms with Crippen molar-refractivity contribution in [1.29, 1.82) is 0 Å². The van der Waals surface area contributed by atoms with E-state index in [0.717, 1.165) is 18.4 Å². The van der Waals surface area contributed by atoms with Gasteiger partial charge in [0, 0.05) is 24.8 Å². The number of carboxylic acid groups (broad SMARTS) is 1. The molecule has 0 aliphatic carbocycles. The number of amides is 1. The number of nitrogens with zero attached hydrogens (tertiary/aromatic N) is 2. The van der Waals surface area contributed by atoms with Crippen LogP contribution in [0.25, 0.3) is 0 Å². The van der Waals surface area contributed by atoms with Crippen LogP contribution in [-0.4, -0.2) is 34.2 Å². The van der Waals surface area contributed by atoms with E-state index in [4.69, 9.17) is 21.4 Å². The number of ether oxygens (including phenoxy) is 1. The first-order chi connectivity index (χ1) is 11.1. The van der Waals surface area contributed by atoms with Crippen molar-refractivity contribution in [1.82, 2.24) is 9.88 Å². The van der Waals surface area contributed by atoms with Crippen molar-refractivity contribution >= 4 is 17.7 Å². The first-order valence-electron chi connectivity index (χ1n) is 7.50. The van der Waals surface area contributed by atoms with Crippen molar-refractivity contribution < 1.29 is 14.6 Å². The number of aromatic nitrogens is 1. The monoisotopic (exact) mass is 332 g/mol. The van der Waals surface area contributed by atoms with Gasteiger partial charge in [0.1, 0.15) is 5.75 Å². The van der Waals surface area contributed by atoms with Crippen molar-refractivity contribution in [3.05, 3.63) is 53.2 Å². The van der Waals surface area contributed by atoms with Gasteiger partial charge in [0.05, 0.1) is 5.02 Å². The largest absolute Gasteiger partial charge is 0.465 e. The predicted molar refractivity (Wildman–Crippen MR) is 87.3 cm³/mol. The van der Waals surface area contributed by atoms with Crippen molar-refractivity contribution in [2.24, 2.45) is 0 Å². The Kier molecular flexibility index (Phi) is 4.67. The molecule has 2 heterocycles. The third kappa shape index (κ3) is 3.56. The normalized spacial score (nSPS) is 15.4. The lowest BCUT2D eigenvalue weighted by Gasteiger charge is -2.30. The van der Waals surface area contributed by atoms with Crippen LogP contribution in [0.4, 0.5) is 4.79 Å². The number of hydrogen-bond donors (Lipinski definition) is 1. The molecular formula is C17H17ClN2O3. The molecule has 1 aliphatic rings. The van der Waals surface area contributed by atoms with Crippen LogP contribution in [0.2, 0.25) is 5.02 Å². The lowest BCUT2D eigenvalue weighted by atomic mass is 9.90. The Hall–Kier alpha value is -2.27. The number of para-hydroxylation sites is 1. The van der Waals surface area contributed by atoms with Gasteiger partial charge >= 0.3 is 6.09 Å². The molecule has 6 heteroatoms. The summed E-state index contributed by atoms with van der Waals surface area (Å²) in [6.45, 7) is 1.06. The third-order valence-corrected chi connectivity index (χ3v) is 4.36. The maximum atomic E-state index is 11.0. The van der Waals surface area contributed by atoms with E-state index >= 15 is 0 Å². The van der Waals surface area contributed by atoms with Gasteiger partial charge in [0.25, 0.3) is 0 Å². The van der Waals surface area contributed by atoms with Gasteiger partial charge in [-0.05, 0) is 37.0 Å². The Labute approximate surface area is 139 Å². The predicted octanol–water partition coefficient (Wildman–Crippen LogP) is 4.38. The zero-order valence-electron chi connectivity index (χ0n) is 12.5. The number of benzene rings is 1. The van der Waals surface area contributed by atoms with Crippen LogP contribution in [0.3, 0.4) is 0 Å². The van der Waals surface area contributed by atoms with Crippen LogP contribution in [0.15, 0.2) is 42.6 Å². The second-order valence-electron chi connectivity index (χ2n) is 5.47. The molecule has 0 unspecified atom stereocenters. The average molecular weight is 333 g/mol. The van der Waals surface area contributed by atoms with E-state index in [1.807, 2.05) is 24.3 Å². The second kappa shape index (κ2) is 6.87. The fourth-order valence-electron chi connectivity index (χ4n) is 2.81. The number of hydrogen-bond acceptors (Lipinski definition) is 3. The summed E-state index contributed by atoms with van der Waals surface area (Å²) in [4.78, 5) is 16.8. The molecular weight excluding hydrogens is 316 g/mol. The molecule has 120 valence electrons.